The van der Waals surface area contributed by atoms with E-state index in [0.717, 1.165) is 48.8 Å². The predicted octanol–water partition coefficient (Wildman–Crippen LogP) is 3.57. The third-order valence-corrected chi connectivity index (χ3v) is 5.96. The van der Waals surface area contributed by atoms with E-state index in [1.54, 1.807) is 7.11 Å². The minimum Gasteiger partial charge on any atom is -0.495 e. The maximum atomic E-state index is 5.57. The molecule has 0 amide bonds. The van der Waals surface area contributed by atoms with Gasteiger partial charge in [-0.1, -0.05) is 17.3 Å². The molecule has 5 rings (SSSR count). The van der Waals surface area contributed by atoms with Crippen molar-refractivity contribution in [1.29, 1.82) is 0 Å². The van der Waals surface area contributed by atoms with Gasteiger partial charge < -0.3 is 23.6 Å². The number of para-hydroxylation sites is 2. The van der Waals surface area contributed by atoms with E-state index in [1.807, 2.05) is 30.3 Å². The highest BCUT2D eigenvalue weighted by atomic mass is 16.7. The molecular formula is C23H26N4O4. The van der Waals surface area contributed by atoms with E-state index in [2.05, 4.69) is 39.0 Å². The molecule has 1 saturated heterocycles. The summed E-state index contributed by atoms with van der Waals surface area (Å²) in [6, 6.07) is 14.3. The van der Waals surface area contributed by atoms with Gasteiger partial charge in [0, 0.05) is 31.2 Å². The van der Waals surface area contributed by atoms with E-state index in [1.165, 1.54) is 0 Å². The standard InChI is InChI=1S/C23H26N4O4/c1-16-9-10-26(18-5-3-4-6-19(18)28-2)11-12-27(16)14-22-24-23(25-31-22)17-7-8-20-21(13-17)30-15-29-20/h3-8,13,16H,9-12,14-15H2,1-2H3. The fourth-order valence-corrected chi connectivity index (χ4v) is 4.12. The molecule has 0 N–H and O–H groups in total. The zero-order chi connectivity index (χ0) is 21.2. The first kappa shape index (κ1) is 19.7. The minimum atomic E-state index is 0.245. The van der Waals surface area contributed by atoms with Crippen LogP contribution < -0.4 is 19.1 Å². The van der Waals surface area contributed by atoms with Crippen LogP contribution in [0.3, 0.4) is 0 Å². The van der Waals surface area contributed by atoms with Crippen LogP contribution in [0.4, 0.5) is 5.69 Å². The summed E-state index contributed by atoms with van der Waals surface area (Å²) in [7, 11) is 1.72. The van der Waals surface area contributed by atoms with Crippen LogP contribution in [0, 0.1) is 0 Å². The van der Waals surface area contributed by atoms with Crippen LogP contribution in [0.15, 0.2) is 47.0 Å². The number of nitrogens with zero attached hydrogens (tertiary/aromatic N) is 4. The zero-order valence-electron chi connectivity index (χ0n) is 17.8. The van der Waals surface area contributed by atoms with Gasteiger partial charge in [-0.2, -0.15) is 4.98 Å². The van der Waals surface area contributed by atoms with Gasteiger partial charge in [0.15, 0.2) is 11.5 Å². The summed E-state index contributed by atoms with van der Waals surface area (Å²) in [4.78, 5) is 9.41. The lowest BCUT2D eigenvalue weighted by Crippen LogP contribution is -2.34. The molecule has 1 unspecified atom stereocenters. The molecule has 2 aromatic carbocycles. The van der Waals surface area contributed by atoms with Gasteiger partial charge in [-0.15, -0.1) is 0 Å². The summed E-state index contributed by atoms with van der Waals surface area (Å²) < 4.78 is 21.9. The van der Waals surface area contributed by atoms with Crippen LogP contribution in [-0.2, 0) is 6.54 Å². The van der Waals surface area contributed by atoms with E-state index in [-0.39, 0.29) is 6.79 Å². The molecule has 2 aliphatic heterocycles. The second-order valence-corrected chi connectivity index (χ2v) is 7.85. The van der Waals surface area contributed by atoms with Crippen molar-refractivity contribution >= 4 is 5.69 Å². The van der Waals surface area contributed by atoms with Gasteiger partial charge >= 0.3 is 0 Å². The van der Waals surface area contributed by atoms with Gasteiger partial charge in [-0.3, -0.25) is 4.90 Å². The first-order valence-electron chi connectivity index (χ1n) is 10.6. The van der Waals surface area contributed by atoms with Crippen LogP contribution in [-0.4, -0.2) is 54.6 Å². The van der Waals surface area contributed by atoms with Crippen LogP contribution in [0.25, 0.3) is 11.4 Å². The van der Waals surface area contributed by atoms with E-state index >= 15 is 0 Å². The summed E-state index contributed by atoms with van der Waals surface area (Å²) in [6.07, 6.45) is 1.04. The maximum absolute atomic E-state index is 5.57. The second-order valence-electron chi connectivity index (χ2n) is 7.85. The number of benzene rings is 2. The van der Waals surface area contributed by atoms with Crippen molar-refractivity contribution < 1.29 is 18.7 Å². The number of methoxy groups -OCH3 is 1. The Morgan fingerprint density at radius 3 is 2.84 bits per heavy atom. The Labute approximate surface area is 181 Å². The van der Waals surface area contributed by atoms with Crippen molar-refractivity contribution in [3.63, 3.8) is 0 Å². The molecular weight excluding hydrogens is 396 g/mol. The Bertz CT molecular complexity index is 1050. The predicted molar refractivity (Wildman–Crippen MR) is 116 cm³/mol. The average Bonchev–Trinajstić information content (AvgIpc) is 3.43. The molecule has 1 atom stereocenters. The molecule has 0 radical (unpaired) electrons. The molecule has 0 bridgehead atoms. The van der Waals surface area contributed by atoms with Gasteiger partial charge in [0.2, 0.25) is 18.5 Å². The van der Waals surface area contributed by atoms with Crippen molar-refractivity contribution in [2.24, 2.45) is 0 Å². The highest BCUT2D eigenvalue weighted by Crippen LogP contribution is 2.35. The van der Waals surface area contributed by atoms with Gasteiger partial charge in [-0.05, 0) is 43.7 Å². The molecule has 0 spiro atoms. The maximum Gasteiger partial charge on any atom is 0.241 e. The number of anilines is 1. The molecule has 8 nitrogen and oxygen atoms in total. The molecule has 3 aromatic rings. The van der Waals surface area contributed by atoms with Crippen molar-refractivity contribution in [3.05, 3.63) is 48.4 Å². The van der Waals surface area contributed by atoms with Crippen molar-refractivity contribution in [2.75, 3.05) is 38.4 Å². The number of hydrogen-bond acceptors (Lipinski definition) is 8. The molecule has 162 valence electrons. The number of ether oxygens (including phenoxy) is 3. The third kappa shape index (κ3) is 4.03. The van der Waals surface area contributed by atoms with Crippen LogP contribution in [0.1, 0.15) is 19.2 Å². The summed E-state index contributed by atoms with van der Waals surface area (Å²) in [5.74, 6) is 3.54. The Balaban J connectivity index is 1.27. The van der Waals surface area contributed by atoms with Crippen molar-refractivity contribution in [1.82, 2.24) is 15.0 Å². The topological polar surface area (TPSA) is 73.1 Å². The third-order valence-electron chi connectivity index (χ3n) is 5.96. The first-order chi connectivity index (χ1) is 15.2. The van der Waals surface area contributed by atoms with Gasteiger partial charge in [-0.25, -0.2) is 0 Å². The fraction of sp³-hybridized carbons (Fsp3) is 0.391. The quantitative estimate of drug-likeness (QED) is 0.618. The largest absolute Gasteiger partial charge is 0.495 e. The van der Waals surface area contributed by atoms with Crippen LogP contribution in [0.5, 0.6) is 17.2 Å². The van der Waals surface area contributed by atoms with E-state index < -0.39 is 0 Å². The van der Waals surface area contributed by atoms with Crippen LogP contribution in [0.2, 0.25) is 0 Å². The molecule has 0 saturated carbocycles. The number of fused-ring (bicyclic) bond motifs is 1. The molecule has 1 fully saturated rings. The lowest BCUT2D eigenvalue weighted by Gasteiger charge is -2.25. The molecule has 3 heterocycles. The lowest BCUT2D eigenvalue weighted by atomic mass is 10.2. The Morgan fingerprint density at radius 2 is 1.94 bits per heavy atom. The number of hydrogen-bond donors (Lipinski definition) is 0. The SMILES string of the molecule is COc1ccccc1N1CCC(C)N(Cc2nc(-c3ccc4c(c3)OCO4)no2)CC1. The summed E-state index contributed by atoms with van der Waals surface area (Å²) in [6.45, 7) is 5.91. The van der Waals surface area contributed by atoms with E-state index in [0.29, 0.717) is 30.1 Å². The van der Waals surface area contributed by atoms with E-state index in [9.17, 15) is 0 Å². The summed E-state index contributed by atoms with van der Waals surface area (Å²) in [5.41, 5.74) is 1.99. The van der Waals surface area contributed by atoms with Crippen LogP contribution >= 0.6 is 0 Å². The monoisotopic (exact) mass is 422 g/mol. The van der Waals surface area contributed by atoms with Crippen molar-refractivity contribution in [3.8, 4) is 28.6 Å². The number of aromatic nitrogens is 2. The molecule has 1 aromatic heterocycles. The zero-order valence-corrected chi connectivity index (χ0v) is 17.8. The summed E-state index contributed by atoms with van der Waals surface area (Å²) in [5, 5.41) is 4.18. The lowest BCUT2D eigenvalue weighted by molar-refractivity contribution is 0.174. The molecule has 2 aliphatic rings. The van der Waals surface area contributed by atoms with Crippen molar-refractivity contribution in [2.45, 2.75) is 25.9 Å². The van der Waals surface area contributed by atoms with Gasteiger partial charge in [0.25, 0.3) is 0 Å². The smallest absolute Gasteiger partial charge is 0.241 e. The normalized spacial score (nSPS) is 18.8. The molecule has 0 aliphatic carbocycles. The highest BCUT2D eigenvalue weighted by molar-refractivity contribution is 5.61. The Hall–Kier alpha value is -3.26. The first-order valence-corrected chi connectivity index (χ1v) is 10.6. The average molecular weight is 422 g/mol. The molecule has 31 heavy (non-hydrogen) atoms. The summed E-state index contributed by atoms with van der Waals surface area (Å²) >= 11 is 0. The minimum absolute atomic E-state index is 0.245. The fourth-order valence-electron chi connectivity index (χ4n) is 4.12. The Kier molecular flexibility index (Phi) is 5.38. The second kappa shape index (κ2) is 8.47. The highest BCUT2D eigenvalue weighted by Gasteiger charge is 2.24. The Morgan fingerprint density at radius 1 is 1.06 bits per heavy atom. The molecule has 8 heteroatoms. The van der Waals surface area contributed by atoms with E-state index in [4.69, 9.17) is 18.7 Å². The van der Waals surface area contributed by atoms with Gasteiger partial charge in [0.1, 0.15) is 5.75 Å². The van der Waals surface area contributed by atoms with Gasteiger partial charge in [0.05, 0.1) is 19.3 Å². The number of rotatable bonds is 5.